The quantitative estimate of drug-likeness (QED) is 0.881. The number of carbonyl (C=O) groups excluding carboxylic acids is 1. The van der Waals surface area contributed by atoms with Gasteiger partial charge in [0.2, 0.25) is 5.91 Å². The molecule has 1 heterocycles. The third-order valence-corrected chi connectivity index (χ3v) is 5.58. The van der Waals surface area contributed by atoms with Crippen LogP contribution < -0.4 is 10.0 Å². The summed E-state index contributed by atoms with van der Waals surface area (Å²) in [5.41, 5.74) is 0.868. The van der Waals surface area contributed by atoms with Gasteiger partial charge in [-0.25, -0.2) is 18.1 Å². The van der Waals surface area contributed by atoms with E-state index in [0.717, 1.165) is 16.9 Å². The van der Waals surface area contributed by atoms with Crippen LogP contribution in [0.25, 0.3) is 0 Å². The predicted molar refractivity (Wildman–Crippen MR) is 81.6 cm³/mol. The Morgan fingerprint density at radius 2 is 1.95 bits per heavy atom. The van der Waals surface area contributed by atoms with Crippen molar-refractivity contribution in [1.29, 1.82) is 0 Å². The Bertz CT molecular complexity index is 726. The highest BCUT2D eigenvalue weighted by Gasteiger charge is 2.21. The third-order valence-electron chi connectivity index (χ3n) is 2.66. The van der Waals surface area contributed by atoms with Crippen molar-refractivity contribution in [3.63, 3.8) is 0 Å². The number of thiazole rings is 1. The van der Waals surface area contributed by atoms with Gasteiger partial charge in [-0.3, -0.25) is 4.79 Å². The average Bonchev–Trinajstić information content (AvgIpc) is 2.88. The zero-order chi connectivity index (χ0) is 15.5. The van der Waals surface area contributed by atoms with Gasteiger partial charge in [0.15, 0.2) is 9.34 Å². The van der Waals surface area contributed by atoms with Crippen LogP contribution in [0.15, 0.2) is 40.7 Å². The second-order valence-corrected chi connectivity index (χ2v) is 7.39. The number of nitrogens with zero attached hydrogens (tertiary/aromatic N) is 1. The molecule has 2 aromatic rings. The van der Waals surface area contributed by atoms with Gasteiger partial charge in [-0.1, -0.05) is 41.7 Å². The molecule has 0 radical (unpaired) electrons. The first-order valence-electron chi connectivity index (χ1n) is 6.19. The summed E-state index contributed by atoms with van der Waals surface area (Å²) < 4.78 is 27.2. The molecular weight excluding hydrogens is 310 g/mol. The lowest BCUT2D eigenvalue weighted by atomic mass is 10.1. The molecule has 1 aromatic carbocycles. The Kier molecular flexibility index (Phi) is 4.71. The first-order valence-corrected chi connectivity index (χ1v) is 8.49. The molecule has 2 rings (SSSR count). The van der Waals surface area contributed by atoms with Crippen molar-refractivity contribution in [2.75, 3.05) is 5.32 Å². The molecule has 0 aliphatic carbocycles. The van der Waals surface area contributed by atoms with E-state index in [1.165, 1.54) is 13.1 Å². The van der Waals surface area contributed by atoms with E-state index < -0.39 is 10.0 Å². The molecule has 1 amide bonds. The summed E-state index contributed by atoms with van der Waals surface area (Å²) in [4.78, 5) is 14.8. The van der Waals surface area contributed by atoms with E-state index in [0.29, 0.717) is 0 Å². The number of amides is 1. The molecule has 6 nitrogen and oxygen atoms in total. The SMILES string of the molecule is CC(=O)Nc1ncc(S(=O)(=O)NC(C)c2ccccc2)s1. The lowest BCUT2D eigenvalue weighted by molar-refractivity contribution is -0.114. The van der Waals surface area contributed by atoms with Gasteiger partial charge >= 0.3 is 0 Å². The second kappa shape index (κ2) is 6.33. The Morgan fingerprint density at radius 1 is 1.29 bits per heavy atom. The highest BCUT2D eigenvalue weighted by Crippen LogP contribution is 2.24. The van der Waals surface area contributed by atoms with Crippen LogP contribution >= 0.6 is 11.3 Å². The second-order valence-electron chi connectivity index (χ2n) is 4.42. The maximum Gasteiger partial charge on any atom is 0.252 e. The highest BCUT2D eigenvalue weighted by atomic mass is 32.2. The summed E-state index contributed by atoms with van der Waals surface area (Å²) in [6.45, 7) is 3.11. The summed E-state index contributed by atoms with van der Waals surface area (Å²) in [7, 11) is -3.67. The van der Waals surface area contributed by atoms with Crippen LogP contribution in [0.5, 0.6) is 0 Å². The molecule has 0 aliphatic rings. The number of carbonyl (C=O) groups is 1. The molecule has 1 aromatic heterocycles. The minimum Gasteiger partial charge on any atom is -0.302 e. The Balaban J connectivity index is 2.15. The molecule has 112 valence electrons. The fourth-order valence-corrected chi connectivity index (χ4v) is 4.02. The van der Waals surface area contributed by atoms with Gasteiger partial charge in [0.1, 0.15) is 0 Å². The molecule has 0 bridgehead atoms. The molecule has 0 fully saturated rings. The zero-order valence-electron chi connectivity index (χ0n) is 11.5. The Morgan fingerprint density at radius 3 is 2.57 bits per heavy atom. The Labute approximate surface area is 127 Å². The fourth-order valence-electron chi connectivity index (χ4n) is 1.69. The van der Waals surface area contributed by atoms with Crippen molar-refractivity contribution in [1.82, 2.24) is 9.71 Å². The number of benzene rings is 1. The minimum atomic E-state index is -3.67. The van der Waals surface area contributed by atoms with Crippen LogP contribution in [0, 0.1) is 0 Å². The smallest absolute Gasteiger partial charge is 0.252 e. The van der Waals surface area contributed by atoms with E-state index in [4.69, 9.17) is 0 Å². The number of sulfonamides is 1. The van der Waals surface area contributed by atoms with Crippen molar-refractivity contribution in [2.24, 2.45) is 0 Å². The first kappa shape index (κ1) is 15.6. The highest BCUT2D eigenvalue weighted by molar-refractivity contribution is 7.91. The number of aromatic nitrogens is 1. The third kappa shape index (κ3) is 4.10. The molecule has 1 atom stereocenters. The Hall–Kier alpha value is -1.77. The van der Waals surface area contributed by atoms with Gasteiger partial charge in [0.25, 0.3) is 10.0 Å². The average molecular weight is 325 g/mol. The summed E-state index contributed by atoms with van der Waals surface area (Å²) in [6.07, 6.45) is 1.23. The summed E-state index contributed by atoms with van der Waals surface area (Å²) in [5, 5.41) is 2.72. The van der Waals surface area contributed by atoms with Crippen LogP contribution in [0.3, 0.4) is 0 Å². The summed E-state index contributed by atoms with van der Waals surface area (Å²) >= 11 is 0.912. The molecule has 0 spiro atoms. The number of nitrogens with one attached hydrogen (secondary N) is 2. The molecule has 0 saturated heterocycles. The van der Waals surface area contributed by atoms with Gasteiger partial charge in [-0.15, -0.1) is 0 Å². The van der Waals surface area contributed by atoms with Gasteiger partial charge in [0, 0.05) is 13.0 Å². The van der Waals surface area contributed by atoms with E-state index >= 15 is 0 Å². The molecule has 8 heteroatoms. The number of hydrogen-bond acceptors (Lipinski definition) is 5. The van der Waals surface area contributed by atoms with Crippen molar-refractivity contribution in [3.8, 4) is 0 Å². The lowest BCUT2D eigenvalue weighted by Gasteiger charge is -2.13. The standard InChI is InChI=1S/C13H15N3O3S2/c1-9(11-6-4-3-5-7-11)16-21(18,19)12-8-14-13(20-12)15-10(2)17/h3-9,16H,1-2H3,(H,14,15,17). The van der Waals surface area contributed by atoms with Crippen LogP contribution in [0.4, 0.5) is 5.13 Å². The van der Waals surface area contributed by atoms with Crippen molar-refractivity contribution in [3.05, 3.63) is 42.1 Å². The largest absolute Gasteiger partial charge is 0.302 e. The van der Waals surface area contributed by atoms with E-state index in [9.17, 15) is 13.2 Å². The van der Waals surface area contributed by atoms with Crippen molar-refractivity contribution >= 4 is 32.4 Å². The normalized spacial score (nSPS) is 12.9. The molecule has 0 aliphatic heterocycles. The zero-order valence-corrected chi connectivity index (χ0v) is 13.2. The van der Waals surface area contributed by atoms with Gasteiger partial charge in [-0.2, -0.15) is 0 Å². The van der Waals surface area contributed by atoms with Crippen LogP contribution in [0.1, 0.15) is 25.5 Å². The van der Waals surface area contributed by atoms with Gasteiger partial charge in [0.05, 0.1) is 6.20 Å². The molecular formula is C13H15N3O3S2. The van der Waals surface area contributed by atoms with Gasteiger partial charge in [-0.05, 0) is 12.5 Å². The maximum atomic E-state index is 12.3. The lowest BCUT2D eigenvalue weighted by Crippen LogP contribution is -2.26. The molecule has 21 heavy (non-hydrogen) atoms. The van der Waals surface area contributed by atoms with E-state index in [2.05, 4.69) is 15.0 Å². The van der Waals surface area contributed by atoms with E-state index in [1.807, 2.05) is 30.3 Å². The van der Waals surface area contributed by atoms with Crippen LogP contribution in [-0.2, 0) is 14.8 Å². The predicted octanol–water partition coefficient (Wildman–Crippen LogP) is 2.14. The summed E-state index contributed by atoms with van der Waals surface area (Å²) in [5.74, 6) is -0.293. The molecule has 0 saturated carbocycles. The monoisotopic (exact) mass is 325 g/mol. The number of rotatable bonds is 5. The van der Waals surface area contributed by atoms with Gasteiger partial charge < -0.3 is 5.32 Å². The van der Waals surface area contributed by atoms with Crippen molar-refractivity contribution in [2.45, 2.75) is 24.1 Å². The topological polar surface area (TPSA) is 88.2 Å². The minimum absolute atomic E-state index is 0.0639. The van der Waals surface area contributed by atoms with E-state index in [1.54, 1.807) is 6.92 Å². The maximum absolute atomic E-state index is 12.3. The number of hydrogen-bond donors (Lipinski definition) is 2. The number of anilines is 1. The van der Waals surface area contributed by atoms with E-state index in [-0.39, 0.29) is 21.3 Å². The fraction of sp³-hybridized carbons (Fsp3) is 0.231. The van der Waals surface area contributed by atoms with Crippen molar-refractivity contribution < 1.29 is 13.2 Å². The molecule has 1 unspecified atom stereocenters. The van der Waals surface area contributed by atoms with Crippen LogP contribution in [-0.4, -0.2) is 19.3 Å². The molecule has 2 N–H and O–H groups in total. The summed E-state index contributed by atoms with van der Waals surface area (Å²) in [6, 6.07) is 8.91. The first-order chi connectivity index (χ1) is 9.88. The van der Waals surface area contributed by atoms with Crippen LogP contribution in [0.2, 0.25) is 0 Å².